The van der Waals surface area contributed by atoms with Crippen molar-refractivity contribution in [2.45, 2.75) is 58.3 Å². The Morgan fingerprint density at radius 2 is 1.58 bits per heavy atom. The second-order valence-corrected chi connectivity index (χ2v) is 4.85. The second-order valence-electron chi connectivity index (χ2n) is 4.85. The second kappa shape index (κ2) is 10.5. The van der Waals surface area contributed by atoms with Gasteiger partial charge >= 0.3 is 5.97 Å². The van der Waals surface area contributed by atoms with Gasteiger partial charge in [0.2, 0.25) is 0 Å². The number of hydrogen-bond acceptors (Lipinski definition) is 3. The predicted molar refractivity (Wildman–Crippen MR) is 77.1 cm³/mol. The van der Waals surface area contributed by atoms with Gasteiger partial charge in [-0.15, -0.1) is 0 Å². The van der Waals surface area contributed by atoms with Crippen LogP contribution in [0.25, 0.3) is 0 Å². The van der Waals surface area contributed by atoms with Crippen LogP contribution in [-0.4, -0.2) is 17.6 Å². The summed E-state index contributed by atoms with van der Waals surface area (Å²) in [6.07, 6.45) is 13.2. The summed E-state index contributed by atoms with van der Waals surface area (Å²) in [6, 6.07) is 3.35. The lowest BCUT2D eigenvalue weighted by atomic mass is 10.1. The minimum atomic E-state index is -0.245. The molecule has 0 unspecified atom stereocenters. The highest BCUT2D eigenvalue weighted by molar-refractivity contribution is 5.89. The summed E-state index contributed by atoms with van der Waals surface area (Å²) in [7, 11) is 0. The van der Waals surface area contributed by atoms with Gasteiger partial charge in [0.1, 0.15) is 0 Å². The maximum Gasteiger partial charge on any atom is 0.338 e. The number of nitrogens with zero attached hydrogens (tertiary/aromatic N) is 1. The third-order valence-electron chi connectivity index (χ3n) is 3.15. The standard InChI is InChI=1S/C16H25NO2/c1-2-3-4-5-6-7-8-9-14-19-16(18)15-10-12-17-13-11-15/h10-13H,2-9,14H2,1H3. The normalized spacial score (nSPS) is 10.4. The number of rotatable bonds is 10. The summed E-state index contributed by atoms with van der Waals surface area (Å²) in [6.45, 7) is 2.76. The molecule has 3 heteroatoms. The van der Waals surface area contributed by atoms with Crippen molar-refractivity contribution in [3.63, 3.8) is 0 Å². The number of pyridine rings is 1. The maximum absolute atomic E-state index is 11.6. The molecule has 0 spiro atoms. The van der Waals surface area contributed by atoms with Crippen LogP contribution in [0.1, 0.15) is 68.6 Å². The van der Waals surface area contributed by atoms with Crippen molar-refractivity contribution >= 4 is 5.97 Å². The highest BCUT2D eigenvalue weighted by Gasteiger charge is 2.05. The van der Waals surface area contributed by atoms with Crippen LogP contribution in [0.2, 0.25) is 0 Å². The van der Waals surface area contributed by atoms with Crippen molar-refractivity contribution in [2.24, 2.45) is 0 Å². The largest absolute Gasteiger partial charge is 0.462 e. The number of aromatic nitrogens is 1. The van der Waals surface area contributed by atoms with Gasteiger partial charge in [-0.05, 0) is 18.6 Å². The van der Waals surface area contributed by atoms with Crippen molar-refractivity contribution < 1.29 is 9.53 Å². The number of carbonyl (C=O) groups is 1. The average Bonchev–Trinajstić information content (AvgIpc) is 2.46. The fraction of sp³-hybridized carbons (Fsp3) is 0.625. The van der Waals surface area contributed by atoms with Crippen LogP contribution in [0.4, 0.5) is 0 Å². The summed E-state index contributed by atoms with van der Waals surface area (Å²) in [5.41, 5.74) is 0.578. The van der Waals surface area contributed by atoms with E-state index in [1.54, 1.807) is 24.5 Å². The van der Waals surface area contributed by atoms with Gasteiger partial charge in [0.25, 0.3) is 0 Å². The molecule has 0 aliphatic heterocycles. The molecule has 106 valence electrons. The monoisotopic (exact) mass is 263 g/mol. The topological polar surface area (TPSA) is 39.2 Å². The Labute approximate surface area is 116 Å². The summed E-state index contributed by atoms with van der Waals surface area (Å²) in [5.74, 6) is -0.245. The lowest BCUT2D eigenvalue weighted by Gasteiger charge is -2.04. The zero-order chi connectivity index (χ0) is 13.8. The molecule has 1 rings (SSSR count). The first kappa shape index (κ1) is 15.7. The molecule has 3 nitrogen and oxygen atoms in total. The van der Waals surface area contributed by atoms with E-state index in [-0.39, 0.29) is 5.97 Å². The van der Waals surface area contributed by atoms with Crippen molar-refractivity contribution in [1.29, 1.82) is 0 Å². The van der Waals surface area contributed by atoms with Crippen LogP contribution in [0.15, 0.2) is 24.5 Å². The van der Waals surface area contributed by atoms with Crippen LogP contribution in [-0.2, 0) is 4.74 Å². The Morgan fingerprint density at radius 1 is 1.00 bits per heavy atom. The molecule has 0 saturated heterocycles. The van der Waals surface area contributed by atoms with Gasteiger partial charge in [0.15, 0.2) is 0 Å². The fourth-order valence-electron chi connectivity index (χ4n) is 1.97. The van der Waals surface area contributed by atoms with Gasteiger partial charge in [-0.1, -0.05) is 51.9 Å². The van der Waals surface area contributed by atoms with E-state index >= 15 is 0 Å². The molecule has 0 aliphatic rings. The molecule has 0 aromatic carbocycles. The minimum absolute atomic E-state index is 0.245. The lowest BCUT2D eigenvalue weighted by molar-refractivity contribution is 0.0497. The average molecular weight is 263 g/mol. The molecule has 19 heavy (non-hydrogen) atoms. The van der Waals surface area contributed by atoms with E-state index in [9.17, 15) is 4.79 Å². The van der Waals surface area contributed by atoms with E-state index in [0.29, 0.717) is 12.2 Å². The van der Waals surface area contributed by atoms with Gasteiger partial charge in [-0.3, -0.25) is 4.98 Å². The fourth-order valence-corrected chi connectivity index (χ4v) is 1.97. The molecule has 1 aromatic rings. The number of unbranched alkanes of at least 4 members (excludes halogenated alkanes) is 7. The van der Waals surface area contributed by atoms with E-state index in [1.165, 1.54) is 38.5 Å². The van der Waals surface area contributed by atoms with Crippen LogP contribution in [0.3, 0.4) is 0 Å². The van der Waals surface area contributed by atoms with E-state index in [4.69, 9.17) is 4.74 Å². The smallest absolute Gasteiger partial charge is 0.338 e. The molecule has 0 N–H and O–H groups in total. The van der Waals surface area contributed by atoms with Gasteiger partial charge in [-0.25, -0.2) is 4.79 Å². The Hall–Kier alpha value is -1.38. The molecule has 0 amide bonds. The van der Waals surface area contributed by atoms with E-state index in [0.717, 1.165) is 12.8 Å². The Kier molecular flexibility index (Phi) is 8.69. The summed E-state index contributed by atoms with van der Waals surface area (Å²) in [4.78, 5) is 15.5. The van der Waals surface area contributed by atoms with E-state index in [1.807, 2.05) is 0 Å². The molecule has 0 aliphatic carbocycles. The van der Waals surface area contributed by atoms with Gasteiger partial charge in [-0.2, -0.15) is 0 Å². The van der Waals surface area contributed by atoms with Crippen LogP contribution in [0.5, 0.6) is 0 Å². The first-order valence-electron chi connectivity index (χ1n) is 7.41. The number of ether oxygens (including phenoxy) is 1. The van der Waals surface area contributed by atoms with Crippen molar-refractivity contribution in [2.75, 3.05) is 6.61 Å². The van der Waals surface area contributed by atoms with Crippen molar-refractivity contribution in [3.05, 3.63) is 30.1 Å². The Balaban J connectivity index is 1.95. The summed E-state index contributed by atoms with van der Waals surface area (Å²) >= 11 is 0. The first-order valence-corrected chi connectivity index (χ1v) is 7.41. The maximum atomic E-state index is 11.6. The molecule has 1 heterocycles. The van der Waals surface area contributed by atoms with E-state index in [2.05, 4.69) is 11.9 Å². The molecular weight excluding hydrogens is 238 g/mol. The zero-order valence-electron chi connectivity index (χ0n) is 11.9. The van der Waals surface area contributed by atoms with Gasteiger partial charge < -0.3 is 4.74 Å². The molecule has 0 fully saturated rings. The number of carbonyl (C=O) groups excluding carboxylic acids is 1. The Bertz CT molecular complexity index is 338. The zero-order valence-corrected chi connectivity index (χ0v) is 11.9. The molecular formula is C16H25NO2. The molecule has 1 aromatic heterocycles. The van der Waals surface area contributed by atoms with Crippen LogP contribution >= 0.6 is 0 Å². The van der Waals surface area contributed by atoms with Crippen LogP contribution in [0, 0.1) is 0 Å². The third kappa shape index (κ3) is 7.60. The van der Waals surface area contributed by atoms with Crippen molar-refractivity contribution in [1.82, 2.24) is 4.98 Å². The summed E-state index contributed by atoms with van der Waals surface area (Å²) < 4.78 is 5.21. The quantitative estimate of drug-likeness (QED) is 0.464. The molecule has 0 atom stereocenters. The third-order valence-corrected chi connectivity index (χ3v) is 3.15. The number of esters is 1. The minimum Gasteiger partial charge on any atom is -0.462 e. The first-order chi connectivity index (χ1) is 9.34. The molecule has 0 saturated carbocycles. The van der Waals surface area contributed by atoms with Gasteiger partial charge in [0.05, 0.1) is 12.2 Å². The number of hydrogen-bond donors (Lipinski definition) is 0. The highest BCUT2D eigenvalue weighted by atomic mass is 16.5. The van der Waals surface area contributed by atoms with Crippen molar-refractivity contribution in [3.8, 4) is 0 Å². The molecule has 0 bridgehead atoms. The highest BCUT2D eigenvalue weighted by Crippen LogP contribution is 2.08. The predicted octanol–water partition coefficient (Wildman–Crippen LogP) is 4.38. The molecule has 0 radical (unpaired) electrons. The summed E-state index contributed by atoms with van der Waals surface area (Å²) in [5, 5.41) is 0. The SMILES string of the molecule is CCCCCCCCCCOC(=O)c1ccncc1. The Morgan fingerprint density at radius 3 is 2.21 bits per heavy atom. The van der Waals surface area contributed by atoms with E-state index < -0.39 is 0 Å². The lowest BCUT2D eigenvalue weighted by Crippen LogP contribution is -2.06. The van der Waals surface area contributed by atoms with Gasteiger partial charge in [0, 0.05) is 12.4 Å². The van der Waals surface area contributed by atoms with Crippen LogP contribution < -0.4 is 0 Å².